The maximum atomic E-state index is 2.67. The molecule has 2 aromatic carbocycles. The first-order valence-corrected chi connectivity index (χ1v) is 10.1. The number of nitrogens with zero attached hydrogens (tertiary/aromatic N) is 2. The first kappa shape index (κ1) is 18.2. The van der Waals surface area contributed by atoms with Crippen molar-refractivity contribution < 1.29 is 0 Å². The summed E-state index contributed by atoms with van der Waals surface area (Å²) < 4.78 is 0. The van der Waals surface area contributed by atoms with Gasteiger partial charge >= 0.3 is 0 Å². The van der Waals surface area contributed by atoms with Crippen LogP contribution >= 0.6 is 0 Å². The number of hydrogen-bond donors (Lipinski definition) is 0. The van der Waals surface area contributed by atoms with E-state index in [1.165, 1.54) is 16.8 Å². The van der Waals surface area contributed by atoms with Crippen LogP contribution in [0.5, 0.6) is 0 Å². The highest BCUT2D eigenvalue weighted by atomic mass is 15.5. The summed E-state index contributed by atoms with van der Waals surface area (Å²) in [6.07, 6.45) is 5.13. The summed E-state index contributed by atoms with van der Waals surface area (Å²) in [5.74, 6) is 0. The molecule has 2 heteroatoms. The zero-order chi connectivity index (χ0) is 19.4. The molecule has 0 N–H and O–H groups in total. The number of anilines is 1. The fourth-order valence-electron chi connectivity index (χ4n) is 5.38. The van der Waals surface area contributed by atoms with Crippen molar-refractivity contribution in [3.05, 3.63) is 78.0 Å². The van der Waals surface area contributed by atoms with Gasteiger partial charge in [-0.25, -0.2) is 0 Å². The monoisotopic (exact) mass is 360 g/mol. The Hall–Kier alpha value is -2.22. The predicted octanol–water partition coefficient (Wildman–Crippen LogP) is 5.73. The van der Waals surface area contributed by atoms with E-state index in [0.717, 1.165) is 0 Å². The fraction of sp³-hybridized carbons (Fsp3) is 0.440. The van der Waals surface area contributed by atoms with Gasteiger partial charge in [-0.15, -0.1) is 0 Å². The molecule has 4 rings (SSSR count). The first-order chi connectivity index (χ1) is 12.7. The summed E-state index contributed by atoms with van der Waals surface area (Å²) >= 11 is 0. The van der Waals surface area contributed by atoms with Gasteiger partial charge in [0.05, 0.1) is 6.04 Å². The summed E-state index contributed by atoms with van der Waals surface area (Å²) in [5.41, 5.74) is 4.27. The molecular weight excluding hydrogens is 328 g/mol. The minimum Gasteiger partial charge on any atom is -0.351 e. The molecule has 0 aliphatic carbocycles. The first-order valence-electron chi connectivity index (χ1n) is 10.1. The van der Waals surface area contributed by atoms with Crippen LogP contribution in [-0.4, -0.2) is 23.1 Å². The lowest BCUT2D eigenvalue weighted by atomic mass is 9.75. The molecule has 0 amide bonds. The van der Waals surface area contributed by atoms with E-state index < -0.39 is 0 Å². The van der Waals surface area contributed by atoms with Crippen LogP contribution in [0.4, 0.5) is 5.69 Å². The highest BCUT2D eigenvalue weighted by molar-refractivity contribution is 5.58. The number of aryl methyl sites for hydroxylation is 1. The number of hydrogen-bond acceptors (Lipinski definition) is 2. The second-order valence-corrected chi connectivity index (χ2v) is 9.53. The quantitative estimate of drug-likeness (QED) is 0.674. The molecule has 142 valence electrons. The molecule has 2 nitrogen and oxygen atoms in total. The lowest BCUT2D eigenvalue weighted by molar-refractivity contribution is 0.152. The van der Waals surface area contributed by atoms with Crippen LogP contribution < -0.4 is 4.90 Å². The second-order valence-electron chi connectivity index (χ2n) is 9.53. The van der Waals surface area contributed by atoms with Crippen LogP contribution in [0.2, 0.25) is 0 Å². The van der Waals surface area contributed by atoms with E-state index in [2.05, 4.69) is 118 Å². The Kier molecular flexibility index (Phi) is 4.14. The van der Waals surface area contributed by atoms with Gasteiger partial charge in [-0.3, -0.25) is 0 Å². The lowest BCUT2D eigenvalue weighted by Crippen LogP contribution is -2.47. The van der Waals surface area contributed by atoms with E-state index in [9.17, 15) is 0 Å². The van der Waals surface area contributed by atoms with Gasteiger partial charge in [0, 0.05) is 22.6 Å². The summed E-state index contributed by atoms with van der Waals surface area (Å²) in [7, 11) is 0. The average molecular weight is 361 g/mol. The Morgan fingerprint density at radius 1 is 0.926 bits per heavy atom. The summed E-state index contributed by atoms with van der Waals surface area (Å²) in [6, 6.07) is 20.7. The van der Waals surface area contributed by atoms with Crippen molar-refractivity contribution in [3.63, 3.8) is 0 Å². The zero-order valence-corrected chi connectivity index (χ0v) is 17.5. The van der Waals surface area contributed by atoms with Crippen LogP contribution in [0, 0.1) is 12.3 Å². The van der Waals surface area contributed by atoms with Crippen molar-refractivity contribution >= 4 is 5.69 Å². The van der Waals surface area contributed by atoms with Crippen molar-refractivity contribution in [1.82, 2.24) is 4.90 Å². The molecule has 0 spiro atoms. The standard InChI is InChI=1S/C25H32N2/c1-18-12-10-11-15-21(18)27-19(2)22-25(6,20-13-8-7-9-14-20)16-17-26(22)23(27)24(3,4)5/h7-17,19,22-23H,1-6H3/t19-,22?,23?,25?/m0/s1. The van der Waals surface area contributed by atoms with Crippen LogP contribution in [0.3, 0.4) is 0 Å². The topological polar surface area (TPSA) is 6.48 Å². The minimum absolute atomic E-state index is 0.0155. The Balaban J connectivity index is 1.84. The third-order valence-corrected chi connectivity index (χ3v) is 6.53. The van der Waals surface area contributed by atoms with Crippen LogP contribution in [0.15, 0.2) is 66.9 Å². The van der Waals surface area contributed by atoms with Gasteiger partial charge in [0.15, 0.2) is 0 Å². The highest BCUT2D eigenvalue weighted by Crippen LogP contribution is 2.50. The number of rotatable bonds is 2. The smallest absolute Gasteiger partial charge is 0.107 e. The molecule has 0 aromatic heterocycles. The molecular formula is C25H32N2. The highest BCUT2D eigenvalue weighted by Gasteiger charge is 2.57. The zero-order valence-electron chi connectivity index (χ0n) is 17.5. The van der Waals surface area contributed by atoms with Crippen molar-refractivity contribution in [3.8, 4) is 0 Å². The Bertz CT molecular complexity index is 848. The number of benzene rings is 2. The average Bonchev–Trinajstić information content (AvgIpc) is 3.13. The molecule has 1 fully saturated rings. The van der Waals surface area contributed by atoms with Crippen molar-refractivity contribution in [2.45, 2.75) is 65.2 Å². The molecule has 3 unspecified atom stereocenters. The van der Waals surface area contributed by atoms with Gasteiger partial charge in [0.2, 0.25) is 0 Å². The normalized spacial score (nSPS) is 30.1. The maximum Gasteiger partial charge on any atom is 0.107 e. The molecule has 1 saturated heterocycles. The predicted molar refractivity (Wildman–Crippen MR) is 115 cm³/mol. The molecule has 0 radical (unpaired) electrons. The van der Waals surface area contributed by atoms with Gasteiger partial charge in [-0.2, -0.15) is 0 Å². The van der Waals surface area contributed by atoms with Crippen molar-refractivity contribution in [1.29, 1.82) is 0 Å². The van der Waals surface area contributed by atoms with Crippen LogP contribution in [0.25, 0.3) is 0 Å². The molecule has 2 heterocycles. The SMILES string of the molecule is Cc1ccccc1N1C(C(C)(C)C)N2C=CC(C)(c3ccccc3)C2[C@@H]1C. The van der Waals surface area contributed by atoms with E-state index in [1.54, 1.807) is 0 Å². The van der Waals surface area contributed by atoms with Gasteiger partial charge in [-0.1, -0.05) is 75.4 Å². The summed E-state index contributed by atoms with van der Waals surface area (Å²) in [6.45, 7) is 14.1. The van der Waals surface area contributed by atoms with Gasteiger partial charge in [-0.05, 0) is 44.2 Å². The van der Waals surface area contributed by atoms with Gasteiger partial charge in [0.1, 0.15) is 6.17 Å². The lowest BCUT2D eigenvalue weighted by Gasteiger charge is -2.41. The van der Waals surface area contributed by atoms with E-state index in [0.29, 0.717) is 18.2 Å². The van der Waals surface area contributed by atoms with Crippen molar-refractivity contribution in [2.75, 3.05) is 4.90 Å². The molecule has 0 saturated carbocycles. The third-order valence-electron chi connectivity index (χ3n) is 6.53. The molecule has 2 aliphatic rings. The Morgan fingerprint density at radius 3 is 2.19 bits per heavy atom. The van der Waals surface area contributed by atoms with Crippen molar-refractivity contribution in [2.24, 2.45) is 5.41 Å². The number of para-hydroxylation sites is 1. The maximum absolute atomic E-state index is 2.67. The molecule has 4 atom stereocenters. The molecule has 2 aliphatic heterocycles. The fourth-order valence-corrected chi connectivity index (χ4v) is 5.38. The van der Waals surface area contributed by atoms with Crippen LogP contribution in [-0.2, 0) is 5.41 Å². The second kappa shape index (κ2) is 6.15. The minimum atomic E-state index is 0.0155. The molecule has 27 heavy (non-hydrogen) atoms. The number of fused-ring (bicyclic) bond motifs is 1. The van der Waals surface area contributed by atoms with E-state index >= 15 is 0 Å². The molecule has 0 bridgehead atoms. The summed E-state index contributed by atoms with van der Waals surface area (Å²) in [4.78, 5) is 5.30. The van der Waals surface area contributed by atoms with E-state index in [-0.39, 0.29) is 10.8 Å². The largest absolute Gasteiger partial charge is 0.351 e. The van der Waals surface area contributed by atoms with E-state index in [1.807, 2.05) is 0 Å². The summed E-state index contributed by atoms with van der Waals surface area (Å²) in [5, 5.41) is 0. The van der Waals surface area contributed by atoms with E-state index in [4.69, 9.17) is 0 Å². The Labute approximate surface area is 164 Å². The van der Waals surface area contributed by atoms with Gasteiger partial charge < -0.3 is 9.80 Å². The Morgan fingerprint density at radius 2 is 1.56 bits per heavy atom. The molecule has 2 aromatic rings. The third kappa shape index (κ3) is 2.69. The van der Waals surface area contributed by atoms with Gasteiger partial charge in [0.25, 0.3) is 0 Å². The van der Waals surface area contributed by atoms with Crippen LogP contribution in [0.1, 0.15) is 45.7 Å².